The molecule has 8 heteroatoms. The SMILES string of the molecule is CC(=O)N1CCN(C(=O)CCC(=O)OCC(=O)Nc2ccc3ccccc3c2)CC1. The van der Waals surface area contributed by atoms with Crippen LogP contribution < -0.4 is 5.32 Å². The number of nitrogens with zero attached hydrogens (tertiary/aromatic N) is 2. The number of rotatable bonds is 6. The zero-order valence-corrected chi connectivity index (χ0v) is 16.9. The smallest absolute Gasteiger partial charge is 0.306 e. The van der Waals surface area contributed by atoms with Gasteiger partial charge in [-0.15, -0.1) is 0 Å². The maximum Gasteiger partial charge on any atom is 0.306 e. The monoisotopic (exact) mass is 411 g/mol. The van der Waals surface area contributed by atoms with Crippen LogP contribution in [0.3, 0.4) is 0 Å². The van der Waals surface area contributed by atoms with Gasteiger partial charge in [-0.05, 0) is 22.9 Å². The second-order valence-corrected chi connectivity index (χ2v) is 7.16. The van der Waals surface area contributed by atoms with Crippen molar-refractivity contribution in [1.29, 1.82) is 0 Å². The van der Waals surface area contributed by atoms with Gasteiger partial charge in [0.2, 0.25) is 11.8 Å². The van der Waals surface area contributed by atoms with Gasteiger partial charge in [-0.25, -0.2) is 0 Å². The molecule has 0 saturated carbocycles. The standard InChI is InChI=1S/C22H25N3O5/c1-16(26)24-10-12-25(13-11-24)21(28)8-9-22(29)30-15-20(27)23-19-7-6-17-4-2-3-5-18(17)14-19/h2-7,14H,8-13,15H2,1H3,(H,23,27). The fourth-order valence-electron chi connectivity index (χ4n) is 3.32. The quantitative estimate of drug-likeness (QED) is 0.731. The zero-order valence-electron chi connectivity index (χ0n) is 16.9. The van der Waals surface area contributed by atoms with Crippen molar-refractivity contribution >= 4 is 40.2 Å². The fourth-order valence-corrected chi connectivity index (χ4v) is 3.32. The van der Waals surface area contributed by atoms with Gasteiger partial charge in [-0.2, -0.15) is 0 Å². The van der Waals surface area contributed by atoms with Crippen molar-refractivity contribution in [2.45, 2.75) is 19.8 Å². The van der Waals surface area contributed by atoms with Crippen LogP contribution in [0.5, 0.6) is 0 Å². The lowest BCUT2D eigenvalue weighted by Gasteiger charge is -2.34. The lowest BCUT2D eigenvalue weighted by molar-refractivity contribution is -0.149. The number of benzene rings is 2. The third kappa shape index (κ3) is 5.79. The molecular weight excluding hydrogens is 386 g/mol. The Kier molecular flexibility index (Phi) is 7.00. The molecule has 3 amide bonds. The topological polar surface area (TPSA) is 96.0 Å². The van der Waals surface area contributed by atoms with Crippen molar-refractivity contribution in [3.63, 3.8) is 0 Å². The Morgan fingerprint density at radius 2 is 1.57 bits per heavy atom. The fraction of sp³-hybridized carbons (Fsp3) is 0.364. The molecule has 1 saturated heterocycles. The van der Waals surface area contributed by atoms with E-state index in [0.717, 1.165) is 10.8 Å². The Labute approximate surface area is 174 Å². The number of esters is 1. The molecule has 0 atom stereocenters. The van der Waals surface area contributed by atoms with Crippen LogP contribution in [0, 0.1) is 0 Å². The van der Waals surface area contributed by atoms with Gasteiger partial charge >= 0.3 is 5.97 Å². The number of hydrogen-bond acceptors (Lipinski definition) is 5. The van der Waals surface area contributed by atoms with E-state index < -0.39 is 18.5 Å². The Bertz CT molecular complexity index is 951. The van der Waals surface area contributed by atoms with Crippen LogP contribution in [-0.2, 0) is 23.9 Å². The van der Waals surface area contributed by atoms with Gasteiger partial charge in [-0.3, -0.25) is 19.2 Å². The molecule has 1 aliphatic heterocycles. The molecule has 30 heavy (non-hydrogen) atoms. The van der Waals surface area contributed by atoms with Crippen molar-refractivity contribution < 1.29 is 23.9 Å². The van der Waals surface area contributed by atoms with E-state index in [2.05, 4.69) is 5.32 Å². The van der Waals surface area contributed by atoms with E-state index in [1.165, 1.54) is 6.92 Å². The minimum atomic E-state index is -0.598. The molecular formula is C22H25N3O5. The number of amides is 3. The number of carbonyl (C=O) groups excluding carboxylic acids is 4. The normalized spacial score (nSPS) is 13.8. The van der Waals surface area contributed by atoms with Gasteiger partial charge in [0.05, 0.1) is 6.42 Å². The summed E-state index contributed by atoms with van der Waals surface area (Å²) < 4.78 is 4.98. The number of piperazine rings is 1. The van der Waals surface area contributed by atoms with Crippen molar-refractivity contribution in [2.75, 3.05) is 38.1 Å². The second-order valence-electron chi connectivity index (χ2n) is 7.16. The summed E-state index contributed by atoms with van der Waals surface area (Å²) >= 11 is 0. The van der Waals surface area contributed by atoms with E-state index in [0.29, 0.717) is 31.9 Å². The van der Waals surface area contributed by atoms with E-state index >= 15 is 0 Å². The van der Waals surface area contributed by atoms with E-state index in [1.807, 2.05) is 36.4 Å². The predicted octanol–water partition coefficient (Wildman–Crippen LogP) is 1.79. The third-order valence-electron chi connectivity index (χ3n) is 5.02. The first-order valence-corrected chi connectivity index (χ1v) is 9.90. The molecule has 0 aliphatic carbocycles. The van der Waals surface area contributed by atoms with Crippen LogP contribution >= 0.6 is 0 Å². The van der Waals surface area contributed by atoms with Crippen molar-refractivity contribution in [3.05, 3.63) is 42.5 Å². The summed E-state index contributed by atoms with van der Waals surface area (Å²) in [5.41, 5.74) is 0.620. The van der Waals surface area contributed by atoms with Crippen LogP contribution in [0.15, 0.2) is 42.5 Å². The molecule has 8 nitrogen and oxygen atoms in total. The molecule has 1 fully saturated rings. The molecule has 1 N–H and O–H groups in total. The molecule has 158 valence electrons. The third-order valence-corrected chi connectivity index (χ3v) is 5.02. The maximum absolute atomic E-state index is 12.2. The first-order chi connectivity index (χ1) is 14.4. The highest BCUT2D eigenvalue weighted by Crippen LogP contribution is 2.18. The molecule has 1 heterocycles. The van der Waals surface area contributed by atoms with Crippen LogP contribution in [0.25, 0.3) is 10.8 Å². The molecule has 0 spiro atoms. The van der Waals surface area contributed by atoms with Gasteiger partial charge < -0.3 is 19.9 Å². The Hall–Kier alpha value is -3.42. The average molecular weight is 411 g/mol. The number of carbonyl (C=O) groups is 4. The van der Waals surface area contributed by atoms with E-state index in [1.54, 1.807) is 15.9 Å². The Morgan fingerprint density at radius 3 is 2.27 bits per heavy atom. The first-order valence-electron chi connectivity index (χ1n) is 9.90. The lowest BCUT2D eigenvalue weighted by atomic mass is 10.1. The van der Waals surface area contributed by atoms with Gasteiger partial charge in [-0.1, -0.05) is 30.3 Å². The number of hydrogen-bond donors (Lipinski definition) is 1. The minimum absolute atomic E-state index is 0.00681. The van der Waals surface area contributed by atoms with E-state index in [9.17, 15) is 19.2 Å². The van der Waals surface area contributed by atoms with E-state index in [4.69, 9.17) is 4.74 Å². The number of nitrogens with one attached hydrogen (secondary N) is 1. The second kappa shape index (κ2) is 9.87. The summed E-state index contributed by atoms with van der Waals surface area (Å²) in [5, 5.41) is 4.76. The Balaban J connectivity index is 1.37. The first kappa shape index (κ1) is 21.3. The minimum Gasteiger partial charge on any atom is -0.456 e. The van der Waals surface area contributed by atoms with Crippen LogP contribution in [-0.4, -0.2) is 66.3 Å². The number of ether oxygens (including phenoxy) is 1. The highest BCUT2D eigenvalue weighted by atomic mass is 16.5. The summed E-state index contributed by atoms with van der Waals surface area (Å²) in [4.78, 5) is 50.8. The van der Waals surface area contributed by atoms with E-state index in [-0.39, 0.29) is 24.7 Å². The highest BCUT2D eigenvalue weighted by Gasteiger charge is 2.22. The molecule has 0 bridgehead atoms. The van der Waals surface area contributed by atoms with Gasteiger partial charge in [0.25, 0.3) is 5.91 Å². The van der Waals surface area contributed by atoms with Gasteiger partial charge in [0, 0.05) is 45.2 Å². The summed E-state index contributed by atoms with van der Waals surface area (Å²) in [6.45, 7) is 3.02. The largest absolute Gasteiger partial charge is 0.456 e. The molecule has 3 rings (SSSR count). The van der Waals surface area contributed by atoms with Crippen LogP contribution in [0.1, 0.15) is 19.8 Å². The summed E-state index contributed by atoms with van der Waals surface area (Å²) in [6.07, 6.45) is -0.0692. The number of anilines is 1. The maximum atomic E-state index is 12.2. The van der Waals surface area contributed by atoms with Crippen LogP contribution in [0.4, 0.5) is 5.69 Å². The summed E-state index contributed by atoms with van der Waals surface area (Å²) in [5.74, 6) is -1.20. The Morgan fingerprint density at radius 1 is 0.900 bits per heavy atom. The zero-order chi connectivity index (χ0) is 21.5. The molecule has 2 aromatic rings. The summed E-state index contributed by atoms with van der Waals surface area (Å²) in [6, 6.07) is 13.3. The van der Waals surface area contributed by atoms with Crippen LogP contribution in [0.2, 0.25) is 0 Å². The predicted molar refractivity (Wildman–Crippen MR) is 112 cm³/mol. The lowest BCUT2D eigenvalue weighted by Crippen LogP contribution is -2.50. The van der Waals surface area contributed by atoms with Crippen molar-refractivity contribution in [1.82, 2.24) is 9.80 Å². The molecule has 0 radical (unpaired) electrons. The van der Waals surface area contributed by atoms with Crippen molar-refractivity contribution in [3.8, 4) is 0 Å². The van der Waals surface area contributed by atoms with Gasteiger partial charge in [0.15, 0.2) is 6.61 Å². The number of fused-ring (bicyclic) bond motifs is 1. The summed E-state index contributed by atoms with van der Waals surface area (Å²) in [7, 11) is 0. The molecule has 1 aliphatic rings. The van der Waals surface area contributed by atoms with Crippen molar-refractivity contribution in [2.24, 2.45) is 0 Å². The molecule has 0 unspecified atom stereocenters. The molecule has 2 aromatic carbocycles. The molecule has 0 aromatic heterocycles. The highest BCUT2D eigenvalue weighted by molar-refractivity contribution is 5.95. The van der Waals surface area contributed by atoms with Gasteiger partial charge in [0.1, 0.15) is 0 Å². The average Bonchev–Trinajstić information content (AvgIpc) is 2.76.